The highest BCUT2D eigenvalue weighted by Gasteiger charge is 2.24. The van der Waals surface area contributed by atoms with E-state index < -0.39 is 0 Å². The standard InChI is InChI=1S/C12H21N3O/c1-2-15-9-10(7-14-15)6-13-8-11-4-3-5-12(11)16/h7,9,11-13,16H,2-6,8H2,1H3. The monoisotopic (exact) mass is 223 g/mol. The molecule has 2 atom stereocenters. The van der Waals surface area contributed by atoms with E-state index in [2.05, 4.69) is 23.5 Å². The van der Waals surface area contributed by atoms with Crippen molar-refractivity contribution in [1.29, 1.82) is 0 Å². The Morgan fingerprint density at radius 3 is 3.06 bits per heavy atom. The molecule has 90 valence electrons. The summed E-state index contributed by atoms with van der Waals surface area (Å²) in [5.41, 5.74) is 1.22. The van der Waals surface area contributed by atoms with Crippen molar-refractivity contribution in [2.24, 2.45) is 5.92 Å². The maximum absolute atomic E-state index is 9.67. The summed E-state index contributed by atoms with van der Waals surface area (Å²) in [6.07, 6.45) is 7.18. The summed E-state index contributed by atoms with van der Waals surface area (Å²) >= 11 is 0. The smallest absolute Gasteiger partial charge is 0.0580 e. The van der Waals surface area contributed by atoms with Crippen LogP contribution in [0.15, 0.2) is 12.4 Å². The summed E-state index contributed by atoms with van der Waals surface area (Å²) in [6, 6.07) is 0. The summed E-state index contributed by atoms with van der Waals surface area (Å²) in [7, 11) is 0. The van der Waals surface area contributed by atoms with Gasteiger partial charge in [-0.25, -0.2) is 0 Å². The van der Waals surface area contributed by atoms with Crippen LogP contribution in [0.25, 0.3) is 0 Å². The van der Waals surface area contributed by atoms with E-state index in [1.165, 1.54) is 12.0 Å². The maximum Gasteiger partial charge on any atom is 0.0580 e. The molecule has 2 N–H and O–H groups in total. The SMILES string of the molecule is CCn1cc(CNCC2CCCC2O)cn1. The lowest BCUT2D eigenvalue weighted by Gasteiger charge is -2.14. The number of aromatic nitrogens is 2. The van der Waals surface area contributed by atoms with Crippen molar-refractivity contribution in [3.63, 3.8) is 0 Å². The topological polar surface area (TPSA) is 50.1 Å². The van der Waals surface area contributed by atoms with E-state index in [-0.39, 0.29) is 6.10 Å². The highest BCUT2D eigenvalue weighted by atomic mass is 16.3. The fourth-order valence-electron chi connectivity index (χ4n) is 2.33. The van der Waals surface area contributed by atoms with E-state index >= 15 is 0 Å². The Labute approximate surface area is 96.7 Å². The predicted molar refractivity (Wildman–Crippen MR) is 63.0 cm³/mol. The van der Waals surface area contributed by atoms with Gasteiger partial charge < -0.3 is 10.4 Å². The second-order valence-electron chi connectivity index (χ2n) is 4.59. The third kappa shape index (κ3) is 2.83. The molecule has 1 aromatic heterocycles. The molecule has 0 aromatic carbocycles. The zero-order valence-corrected chi connectivity index (χ0v) is 9.89. The number of aliphatic hydroxyl groups excluding tert-OH is 1. The average Bonchev–Trinajstić information content (AvgIpc) is 2.89. The molecule has 1 aliphatic carbocycles. The molecule has 1 heterocycles. The highest BCUT2D eigenvalue weighted by molar-refractivity contribution is 5.03. The fourth-order valence-corrected chi connectivity index (χ4v) is 2.33. The van der Waals surface area contributed by atoms with Crippen LogP contribution >= 0.6 is 0 Å². The molecule has 0 amide bonds. The lowest BCUT2D eigenvalue weighted by atomic mass is 10.1. The van der Waals surface area contributed by atoms with Gasteiger partial charge in [0.25, 0.3) is 0 Å². The van der Waals surface area contributed by atoms with Crippen molar-refractivity contribution in [1.82, 2.24) is 15.1 Å². The molecule has 0 spiro atoms. The molecule has 1 fully saturated rings. The van der Waals surface area contributed by atoms with Gasteiger partial charge in [-0.2, -0.15) is 5.10 Å². The van der Waals surface area contributed by atoms with Crippen molar-refractivity contribution in [2.75, 3.05) is 6.54 Å². The third-order valence-corrected chi connectivity index (χ3v) is 3.37. The third-order valence-electron chi connectivity index (χ3n) is 3.37. The van der Waals surface area contributed by atoms with Gasteiger partial charge in [0.2, 0.25) is 0 Å². The van der Waals surface area contributed by atoms with Crippen molar-refractivity contribution in [3.05, 3.63) is 18.0 Å². The van der Waals surface area contributed by atoms with Crippen LogP contribution in [0.4, 0.5) is 0 Å². The number of rotatable bonds is 5. The Hall–Kier alpha value is -0.870. The van der Waals surface area contributed by atoms with Gasteiger partial charge in [0.1, 0.15) is 0 Å². The Kier molecular flexibility index (Phi) is 3.96. The van der Waals surface area contributed by atoms with Crippen LogP contribution in [0.5, 0.6) is 0 Å². The molecule has 1 saturated carbocycles. The molecule has 0 radical (unpaired) electrons. The minimum atomic E-state index is -0.0918. The second-order valence-corrected chi connectivity index (χ2v) is 4.59. The summed E-state index contributed by atoms with van der Waals surface area (Å²) in [4.78, 5) is 0. The second kappa shape index (κ2) is 5.46. The minimum Gasteiger partial charge on any atom is -0.393 e. The molecular formula is C12H21N3O. The van der Waals surface area contributed by atoms with Gasteiger partial charge in [-0.05, 0) is 25.7 Å². The van der Waals surface area contributed by atoms with Gasteiger partial charge in [-0.15, -0.1) is 0 Å². The normalized spacial score (nSPS) is 25.1. The lowest BCUT2D eigenvalue weighted by Crippen LogP contribution is -2.27. The lowest BCUT2D eigenvalue weighted by molar-refractivity contribution is 0.131. The number of aryl methyl sites for hydroxylation is 1. The zero-order chi connectivity index (χ0) is 11.4. The largest absolute Gasteiger partial charge is 0.393 e. The van der Waals surface area contributed by atoms with Crippen LogP contribution < -0.4 is 5.32 Å². The Bertz CT molecular complexity index is 324. The van der Waals surface area contributed by atoms with E-state index in [0.717, 1.165) is 32.5 Å². The van der Waals surface area contributed by atoms with Gasteiger partial charge in [-0.1, -0.05) is 6.42 Å². The molecule has 0 saturated heterocycles. The number of hydrogen-bond donors (Lipinski definition) is 2. The van der Waals surface area contributed by atoms with Crippen LogP contribution in [0.2, 0.25) is 0 Å². The maximum atomic E-state index is 9.67. The van der Waals surface area contributed by atoms with Gasteiger partial charge in [0, 0.05) is 31.4 Å². The summed E-state index contributed by atoms with van der Waals surface area (Å²) < 4.78 is 1.93. The van der Waals surface area contributed by atoms with Crippen molar-refractivity contribution < 1.29 is 5.11 Å². The zero-order valence-electron chi connectivity index (χ0n) is 9.89. The van der Waals surface area contributed by atoms with E-state index in [1.54, 1.807) is 0 Å². The average molecular weight is 223 g/mol. The van der Waals surface area contributed by atoms with Crippen molar-refractivity contribution >= 4 is 0 Å². The highest BCUT2D eigenvalue weighted by Crippen LogP contribution is 2.24. The molecule has 2 unspecified atom stereocenters. The van der Waals surface area contributed by atoms with Gasteiger partial charge in [-0.3, -0.25) is 4.68 Å². The molecule has 4 nitrogen and oxygen atoms in total. The Morgan fingerprint density at radius 2 is 2.44 bits per heavy atom. The summed E-state index contributed by atoms with van der Waals surface area (Å²) in [5, 5.41) is 17.3. The molecule has 0 bridgehead atoms. The molecule has 2 rings (SSSR count). The first kappa shape index (κ1) is 11.6. The molecule has 4 heteroatoms. The first-order valence-electron chi connectivity index (χ1n) is 6.19. The van der Waals surface area contributed by atoms with Crippen LogP contribution in [-0.4, -0.2) is 27.5 Å². The van der Waals surface area contributed by atoms with E-state index in [4.69, 9.17) is 0 Å². The van der Waals surface area contributed by atoms with Gasteiger partial charge in [0.15, 0.2) is 0 Å². The van der Waals surface area contributed by atoms with E-state index in [0.29, 0.717) is 5.92 Å². The quantitative estimate of drug-likeness (QED) is 0.787. The first-order chi connectivity index (χ1) is 7.79. The van der Waals surface area contributed by atoms with Crippen LogP contribution in [0.3, 0.4) is 0 Å². The predicted octanol–water partition coefficient (Wildman–Crippen LogP) is 1.15. The number of hydrogen-bond acceptors (Lipinski definition) is 3. The van der Waals surface area contributed by atoms with E-state index in [1.807, 2.05) is 10.9 Å². The Morgan fingerprint density at radius 1 is 1.56 bits per heavy atom. The molecule has 0 aliphatic heterocycles. The fraction of sp³-hybridized carbons (Fsp3) is 0.750. The number of aliphatic hydroxyl groups is 1. The number of nitrogens with zero attached hydrogens (tertiary/aromatic N) is 2. The minimum absolute atomic E-state index is 0.0918. The van der Waals surface area contributed by atoms with Crippen molar-refractivity contribution in [2.45, 2.75) is 45.4 Å². The molecule has 1 aromatic rings. The molecular weight excluding hydrogens is 202 g/mol. The van der Waals surface area contributed by atoms with Crippen LogP contribution in [0.1, 0.15) is 31.7 Å². The molecule has 1 aliphatic rings. The summed E-state index contributed by atoms with van der Waals surface area (Å²) in [6.45, 7) is 4.77. The molecule has 16 heavy (non-hydrogen) atoms. The Balaban J connectivity index is 1.71. The van der Waals surface area contributed by atoms with Crippen molar-refractivity contribution in [3.8, 4) is 0 Å². The number of nitrogens with one attached hydrogen (secondary N) is 1. The summed E-state index contributed by atoms with van der Waals surface area (Å²) in [5.74, 6) is 0.446. The van der Waals surface area contributed by atoms with Crippen LogP contribution in [-0.2, 0) is 13.1 Å². The van der Waals surface area contributed by atoms with E-state index in [9.17, 15) is 5.11 Å². The first-order valence-corrected chi connectivity index (χ1v) is 6.19. The van der Waals surface area contributed by atoms with Crippen LogP contribution in [0, 0.1) is 5.92 Å². The van der Waals surface area contributed by atoms with Gasteiger partial charge in [0.05, 0.1) is 12.3 Å². The van der Waals surface area contributed by atoms with Gasteiger partial charge >= 0.3 is 0 Å².